The van der Waals surface area contributed by atoms with Crippen molar-refractivity contribution >= 4 is 11.3 Å². The fraction of sp³-hybridized carbons (Fsp3) is 0.750. The number of thiophene rings is 1. The number of rotatable bonds is 6. The summed E-state index contributed by atoms with van der Waals surface area (Å²) >= 11 is 2.04. The summed E-state index contributed by atoms with van der Waals surface area (Å²) in [5, 5.41) is 3.62. The standard InChI is InChI=1S/C16H25NS/c1-3-14-5-6-15(18-14)10-16(11-17-4-2)8-12-7-13(12)9-16/h5-6,12-13,17H,3-4,7-11H2,1-2H3. The molecule has 1 N–H and O–H groups in total. The third kappa shape index (κ3) is 2.50. The molecule has 0 saturated heterocycles. The van der Waals surface area contributed by atoms with Crippen molar-refractivity contribution in [2.45, 2.75) is 46.0 Å². The van der Waals surface area contributed by atoms with Gasteiger partial charge in [-0.15, -0.1) is 11.3 Å². The highest BCUT2D eigenvalue weighted by Gasteiger charge is 2.53. The molecule has 1 nitrogen and oxygen atoms in total. The molecule has 3 rings (SSSR count). The number of hydrogen-bond acceptors (Lipinski definition) is 2. The molecule has 18 heavy (non-hydrogen) atoms. The van der Waals surface area contributed by atoms with Gasteiger partial charge in [-0.05, 0) is 68.0 Å². The van der Waals surface area contributed by atoms with Gasteiger partial charge in [0.25, 0.3) is 0 Å². The van der Waals surface area contributed by atoms with E-state index in [1.165, 1.54) is 38.6 Å². The Bertz CT molecular complexity index is 399. The Balaban J connectivity index is 1.69. The van der Waals surface area contributed by atoms with E-state index < -0.39 is 0 Å². The molecule has 2 aliphatic carbocycles. The van der Waals surface area contributed by atoms with Crippen LogP contribution in [0.1, 0.15) is 42.9 Å². The summed E-state index contributed by atoms with van der Waals surface area (Å²) < 4.78 is 0. The minimum absolute atomic E-state index is 0.583. The van der Waals surface area contributed by atoms with Crippen LogP contribution in [0.2, 0.25) is 0 Å². The second kappa shape index (κ2) is 4.97. The molecule has 0 bridgehead atoms. The highest BCUT2D eigenvalue weighted by molar-refractivity contribution is 7.11. The third-order valence-electron chi connectivity index (χ3n) is 4.82. The average molecular weight is 263 g/mol. The third-order valence-corrected chi connectivity index (χ3v) is 6.05. The van der Waals surface area contributed by atoms with Crippen LogP contribution in [0.25, 0.3) is 0 Å². The van der Waals surface area contributed by atoms with Gasteiger partial charge >= 0.3 is 0 Å². The van der Waals surface area contributed by atoms with E-state index in [4.69, 9.17) is 0 Å². The van der Waals surface area contributed by atoms with Gasteiger partial charge in [0, 0.05) is 16.3 Å². The van der Waals surface area contributed by atoms with Crippen LogP contribution in [-0.4, -0.2) is 13.1 Å². The first kappa shape index (κ1) is 12.7. The molecule has 2 atom stereocenters. The number of fused-ring (bicyclic) bond motifs is 1. The van der Waals surface area contributed by atoms with Crippen molar-refractivity contribution in [1.29, 1.82) is 0 Å². The van der Waals surface area contributed by atoms with Gasteiger partial charge < -0.3 is 5.32 Å². The van der Waals surface area contributed by atoms with Gasteiger partial charge in [0.05, 0.1) is 0 Å². The minimum Gasteiger partial charge on any atom is -0.316 e. The molecule has 100 valence electrons. The molecule has 2 saturated carbocycles. The number of aryl methyl sites for hydroxylation is 1. The lowest BCUT2D eigenvalue weighted by Crippen LogP contribution is -2.35. The lowest BCUT2D eigenvalue weighted by molar-refractivity contribution is 0.252. The van der Waals surface area contributed by atoms with Crippen molar-refractivity contribution in [2.75, 3.05) is 13.1 Å². The molecular formula is C16H25NS. The normalized spacial score (nSPS) is 33.7. The maximum Gasteiger partial charge on any atom is 0.00541 e. The lowest BCUT2D eigenvalue weighted by Gasteiger charge is -2.31. The zero-order valence-electron chi connectivity index (χ0n) is 11.7. The van der Waals surface area contributed by atoms with E-state index >= 15 is 0 Å². The molecule has 1 heterocycles. The molecular weight excluding hydrogens is 238 g/mol. The van der Waals surface area contributed by atoms with Crippen molar-refractivity contribution in [3.63, 3.8) is 0 Å². The van der Waals surface area contributed by atoms with Crippen LogP contribution >= 0.6 is 11.3 Å². The van der Waals surface area contributed by atoms with Crippen molar-refractivity contribution in [2.24, 2.45) is 17.3 Å². The SMILES string of the molecule is CCNCC1(Cc2ccc(CC)s2)CC2CC2C1. The summed E-state index contributed by atoms with van der Waals surface area (Å²) in [5.74, 6) is 2.16. The Labute approximate surface area is 115 Å². The Morgan fingerprint density at radius 1 is 1.22 bits per heavy atom. The van der Waals surface area contributed by atoms with Crippen molar-refractivity contribution in [3.05, 3.63) is 21.9 Å². The molecule has 0 aliphatic heterocycles. The molecule has 1 aromatic rings. The van der Waals surface area contributed by atoms with E-state index in [-0.39, 0.29) is 0 Å². The lowest BCUT2D eigenvalue weighted by atomic mass is 9.79. The van der Waals surface area contributed by atoms with Crippen molar-refractivity contribution < 1.29 is 0 Å². The van der Waals surface area contributed by atoms with Gasteiger partial charge in [-0.25, -0.2) is 0 Å². The van der Waals surface area contributed by atoms with E-state index in [0.29, 0.717) is 5.41 Å². The Morgan fingerprint density at radius 2 is 1.94 bits per heavy atom. The van der Waals surface area contributed by atoms with Crippen LogP contribution < -0.4 is 5.32 Å². The Hall–Kier alpha value is -0.340. The van der Waals surface area contributed by atoms with E-state index in [2.05, 4.69) is 31.3 Å². The van der Waals surface area contributed by atoms with Crippen LogP contribution in [0.4, 0.5) is 0 Å². The second-order valence-electron chi connectivity index (χ2n) is 6.34. The van der Waals surface area contributed by atoms with E-state index in [1.54, 1.807) is 9.75 Å². The predicted molar refractivity (Wildman–Crippen MR) is 79.2 cm³/mol. The highest BCUT2D eigenvalue weighted by atomic mass is 32.1. The van der Waals surface area contributed by atoms with Gasteiger partial charge in [-0.1, -0.05) is 13.8 Å². The first-order valence-electron chi connectivity index (χ1n) is 7.53. The number of hydrogen-bond donors (Lipinski definition) is 1. The highest BCUT2D eigenvalue weighted by Crippen LogP contribution is 2.60. The van der Waals surface area contributed by atoms with Crippen molar-refractivity contribution in [1.82, 2.24) is 5.32 Å². The molecule has 2 unspecified atom stereocenters. The minimum atomic E-state index is 0.583. The molecule has 0 amide bonds. The zero-order chi connectivity index (χ0) is 12.6. The maximum absolute atomic E-state index is 3.62. The molecule has 2 aliphatic rings. The van der Waals surface area contributed by atoms with Gasteiger partial charge in [0.2, 0.25) is 0 Å². The molecule has 1 aromatic heterocycles. The summed E-state index contributed by atoms with van der Waals surface area (Å²) in [6.45, 7) is 6.83. The van der Waals surface area contributed by atoms with Crippen LogP contribution in [0, 0.1) is 17.3 Å². The second-order valence-corrected chi connectivity index (χ2v) is 7.60. The molecule has 2 fully saturated rings. The van der Waals surface area contributed by atoms with Crippen molar-refractivity contribution in [3.8, 4) is 0 Å². The van der Waals surface area contributed by atoms with Gasteiger partial charge in [0.15, 0.2) is 0 Å². The van der Waals surface area contributed by atoms with Gasteiger partial charge in [0.1, 0.15) is 0 Å². The molecule has 2 heteroatoms. The van der Waals surface area contributed by atoms with E-state index in [9.17, 15) is 0 Å². The smallest absolute Gasteiger partial charge is 0.00541 e. The summed E-state index contributed by atoms with van der Waals surface area (Å²) in [6.07, 6.45) is 6.99. The Kier molecular flexibility index (Phi) is 3.50. The quantitative estimate of drug-likeness (QED) is 0.821. The number of nitrogens with one attached hydrogen (secondary N) is 1. The van der Waals surface area contributed by atoms with Gasteiger partial charge in [-0.3, -0.25) is 0 Å². The maximum atomic E-state index is 3.62. The fourth-order valence-corrected chi connectivity index (χ4v) is 4.96. The first-order valence-corrected chi connectivity index (χ1v) is 8.34. The summed E-state index contributed by atoms with van der Waals surface area (Å²) in [6, 6.07) is 4.71. The van der Waals surface area contributed by atoms with Crippen LogP contribution in [0.3, 0.4) is 0 Å². The van der Waals surface area contributed by atoms with Gasteiger partial charge in [-0.2, -0.15) is 0 Å². The van der Waals surface area contributed by atoms with Crippen LogP contribution in [0.15, 0.2) is 12.1 Å². The van der Waals surface area contributed by atoms with E-state index in [0.717, 1.165) is 18.4 Å². The topological polar surface area (TPSA) is 12.0 Å². The largest absolute Gasteiger partial charge is 0.316 e. The summed E-state index contributed by atoms with van der Waals surface area (Å²) in [4.78, 5) is 3.16. The molecule has 0 radical (unpaired) electrons. The average Bonchev–Trinajstić information content (AvgIpc) is 2.79. The zero-order valence-corrected chi connectivity index (χ0v) is 12.5. The fourth-order valence-electron chi connectivity index (χ4n) is 3.82. The molecule has 0 spiro atoms. The monoisotopic (exact) mass is 263 g/mol. The van der Waals surface area contributed by atoms with Crippen LogP contribution in [-0.2, 0) is 12.8 Å². The summed E-state index contributed by atoms with van der Waals surface area (Å²) in [7, 11) is 0. The Morgan fingerprint density at radius 3 is 2.56 bits per heavy atom. The van der Waals surface area contributed by atoms with Crippen LogP contribution in [0.5, 0.6) is 0 Å². The van der Waals surface area contributed by atoms with E-state index in [1.807, 2.05) is 11.3 Å². The molecule has 0 aromatic carbocycles. The first-order chi connectivity index (χ1) is 8.74. The predicted octanol–water partition coefficient (Wildman–Crippen LogP) is 3.88. The summed E-state index contributed by atoms with van der Waals surface area (Å²) in [5.41, 5.74) is 0.583.